The lowest BCUT2D eigenvalue weighted by molar-refractivity contribution is 0.630. The molecule has 1 aromatic heterocycles. The van der Waals surface area contributed by atoms with Gasteiger partial charge < -0.3 is 10.3 Å². The van der Waals surface area contributed by atoms with Gasteiger partial charge in [-0.2, -0.15) is 0 Å². The first-order chi connectivity index (χ1) is 9.11. The number of imidazole rings is 1. The molecule has 1 heterocycles. The standard InChI is InChI=1S/C14H15BrFN3/c1-2-12-18-13(14(17)19(12)9-4-5-9)10-7-8(15)3-6-11(10)16/h3,6-7,9H,2,4-5,17H2,1H3. The van der Waals surface area contributed by atoms with Crippen molar-refractivity contribution in [1.29, 1.82) is 0 Å². The number of nitrogen functional groups attached to an aromatic ring is 1. The highest BCUT2D eigenvalue weighted by Gasteiger charge is 2.30. The van der Waals surface area contributed by atoms with Crippen LogP contribution in [0.1, 0.15) is 31.6 Å². The molecule has 5 heteroatoms. The molecule has 2 N–H and O–H groups in total. The number of halogens is 2. The quantitative estimate of drug-likeness (QED) is 0.930. The van der Waals surface area contributed by atoms with E-state index in [-0.39, 0.29) is 5.82 Å². The van der Waals surface area contributed by atoms with E-state index in [9.17, 15) is 4.39 Å². The lowest BCUT2D eigenvalue weighted by Crippen LogP contribution is -2.04. The number of hydrogen-bond donors (Lipinski definition) is 1. The molecule has 1 aliphatic carbocycles. The van der Waals surface area contributed by atoms with Crippen LogP contribution < -0.4 is 5.73 Å². The Morgan fingerprint density at radius 3 is 2.84 bits per heavy atom. The Labute approximate surface area is 119 Å². The largest absolute Gasteiger partial charge is 0.383 e. The molecule has 19 heavy (non-hydrogen) atoms. The number of anilines is 1. The summed E-state index contributed by atoms with van der Waals surface area (Å²) in [5, 5.41) is 0. The minimum absolute atomic E-state index is 0.294. The molecule has 100 valence electrons. The molecular weight excluding hydrogens is 309 g/mol. The Kier molecular flexibility index (Phi) is 3.09. The Balaban J connectivity index is 2.17. The van der Waals surface area contributed by atoms with Crippen molar-refractivity contribution in [2.24, 2.45) is 0 Å². The first kappa shape index (κ1) is 12.7. The fraction of sp³-hybridized carbons (Fsp3) is 0.357. The zero-order valence-corrected chi connectivity index (χ0v) is 12.2. The number of hydrogen-bond acceptors (Lipinski definition) is 2. The van der Waals surface area contributed by atoms with E-state index in [1.807, 2.05) is 6.92 Å². The maximum Gasteiger partial charge on any atom is 0.132 e. The van der Waals surface area contributed by atoms with Crippen molar-refractivity contribution in [3.8, 4) is 11.3 Å². The zero-order valence-electron chi connectivity index (χ0n) is 10.7. The molecular formula is C14H15BrFN3. The molecule has 3 rings (SSSR count). The van der Waals surface area contributed by atoms with E-state index in [1.54, 1.807) is 12.1 Å². The van der Waals surface area contributed by atoms with Crippen molar-refractivity contribution < 1.29 is 4.39 Å². The Hall–Kier alpha value is -1.36. The lowest BCUT2D eigenvalue weighted by atomic mass is 10.1. The van der Waals surface area contributed by atoms with Gasteiger partial charge in [0.1, 0.15) is 23.2 Å². The summed E-state index contributed by atoms with van der Waals surface area (Å²) in [5.41, 5.74) is 7.21. The summed E-state index contributed by atoms with van der Waals surface area (Å²) in [7, 11) is 0. The fourth-order valence-corrected chi connectivity index (χ4v) is 2.72. The molecule has 2 aromatic rings. The second-order valence-corrected chi connectivity index (χ2v) is 5.76. The molecule has 0 radical (unpaired) electrons. The van der Waals surface area contributed by atoms with Crippen LogP contribution in [0.4, 0.5) is 10.2 Å². The van der Waals surface area contributed by atoms with Gasteiger partial charge in [-0.3, -0.25) is 0 Å². The van der Waals surface area contributed by atoms with Crippen molar-refractivity contribution >= 4 is 21.7 Å². The second-order valence-electron chi connectivity index (χ2n) is 4.84. The van der Waals surface area contributed by atoms with E-state index >= 15 is 0 Å². The van der Waals surface area contributed by atoms with Gasteiger partial charge in [0, 0.05) is 22.5 Å². The number of aryl methyl sites for hydroxylation is 1. The predicted octanol–water partition coefficient (Wildman–Crippen LogP) is 3.93. The topological polar surface area (TPSA) is 43.8 Å². The number of rotatable bonds is 3. The summed E-state index contributed by atoms with van der Waals surface area (Å²) < 4.78 is 16.9. The van der Waals surface area contributed by atoms with E-state index in [0.717, 1.165) is 29.6 Å². The van der Waals surface area contributed by atoms with Crippen LogP contribution in [0.2, 0.25) is 0 Å². The summed E-state index contributed by atoms with van der Waals surface area (Å²) in [4.78, 5) is 4.54. The third-order valence-electron chi connectivity index (χ3n) is 3.43. The predicted molar refractivity (Wildman–Crippen MR) is 77.4 cm³/mol. The Morgan fingerprint density at radius 1 is 1.47 bits per heavy atom. The number of nitrogens with two attached hydrogens (primary N) is 1. The van der Waals surface area contributed by atoms with E-state index in [1.165, 1.54) is 6.07 Å². The summed E-state index contributed by atoms with van der Waals surface area (Å²) in [6, 6.07) is 5.28. The first-order valence-electron chi connectivity index (χ1n) is 6.43. The average molecular weight is 324 g/mol. The van der Waals surface area contributed by atoms with Crippen molar-refractivity contribution in [2.45, 2.75) is 32.2 Å². The minimum Gasteiger partial charge on any atom is -0.383 e. The van der Waals surface area contributed by atoms with Crippen molar-refractivity contribution in [1.82, 2.24) is 9.55 Å². The number of nitrogens with zero attached hydrogens (tertiary/aromatic N) is 2. The highest BCUT2D eigenvalue weighted by molar-refractivity contribution is 9.10. The molecule has 1 saturated carbocycles. The minimum atomic E-state index is -0.294. The van der Waals surface area contributed by atoms with Gasteiger partial charge in [0.05, 0.1) is 0 Å². The highest BCUT2D eigenvalue weighted by atomic mass is 79.9. The molecule has 0 unspecified atom stereocenters. The molecule has 0 saturated heterocycles. The summed E-state index contributed by atoms with van der Waals surface area (Å²) in [6.45, 7) is 2.04. The third-order valence-corrected chi connectivity index (χ3v) is 3.93. The third kappa shape index (κ3) is 2.16. The van der Waals surface area contributed by atoms with Gasteiger partial charge in [-0.1, -0.05) is 22.9 Å². The molecule has 0 bridgehead atoms. The van der Waals surface area contributed by atoms with Crippen LogP contribution in [0, 0.1) is 5.82 Å². The second kappa shape index (κ2) is 4.63. The van der Waals surface area contributed by atoms with E-state index in [0.29, 0.717) is 23.1 Å². The molecule has 0 amide bonds. The summed E-state index contributed by atoms with van der Waals surface area (Å²) in [5.74, 6) is 1.23. The van der Waals surface area contributed by atoms with Crippen LogP contribution in [0.3, 0.4) is 0 Å². The monoisotopic (exact) mass is 323 g/mol. The SMILES string of the molecule is CCc1nc(-c2cc(Br)ccc2F)c(N)n1C1CC1. The summed E-state index contributed by atoms with van der Waals surface area (Å²) in [6.07, 6.45) is 3.07. The van der Waals surface area contributed by atoms with Gasteiger partial charge >= 0.3 is 0 Å². The van der Waals surface area contributed by atoms with Gasteiger partial charge in [-0.15, -0.1) is 0 Å². The fourth-order valence-electron chi connectivity index (χ4n) is 2.36. The van der Waals surface area contributed by atoms with Crippen LogP contribution in [0.5, 0.6) is 0 Å². The van der Waals surface area contributed by atoms with Crippen LogP contribution in [-0.2, 0) is 6.42 Å². The van der Waals surface area contributed by atoms with Crippen molar-refractivity contribution in [3.63, 3.8) is 0 Å². The maximum atomic E-state index is 14.0. The normalized spacial score (nSPS) is 14.9. The van der Waals surface area contributed by atoms with E-state index < -0.39 is 0 Å². The van der Waals surface area contributed by atoms with Gasteiger partial charge in [0.15, 0.2) is 0 Å². The molecule has 1 aliphatic rings. The van der Waals surface area contributed by atoms with Gasteiger partial charge in [0.25, 0.3) is 0 Å². The lowest BCUT2D eigenvalue weighted by Gasteiger charge is -2.07. The van der Waals surface area contributed by atoms with Crippen molar-refractivity contribution in [3.05, 3.63) is 34.3 Å². The molecule has 1 fully saturated rings. The average Bonchev–Trinajstić information content (AvgIpc) is 3.17. The molecule has 1 aromatic carbocycles. The van der Waals surface area contributed by atoms with Gasteiger partial charge in [-0.05, 0) is 31.0 Å². The molecule has 0 spiro atoms. The smallest absolute Gasteiger partial charge is 0.132 e. The number of aromatic nitrogens is 2. The van der Waals surface area contributed by atoms with Crippen LogP contribution in [0.25, 0.3) is 11.3 Å². The maximum absolute atomic E-state index is 14.0. The van der Waals surface area contributed by atoms with E-state index in [2.05, 4.69) is 25.5 Å². The Bertz CT molecular complexity index is 632. The van der Waals surface area contributed by atoms with Crippen molar-refractivity contribution in [2.75, 3.05) is 5.73 Å². The van der Waals surface area contributed by atoms with Gasteiger partial charge in [-0.25, -0.2) is 9.37 Å². The number of benzene rings is 1. The molecule has 3 nitrogen and oxygen atoms in total. The van der Waals surface area contributed by atoms with Crippen LogP contribution >= 0.6 is 15.9 Å². The molecule has 0 atom stereocenters. The van der Waals surface area contributed by atoms with Crippen LogP contribution in [-0.4, -0.2) is 9.55 Å². The highest BCUT2D eigenvalue weighted by Crippen LogP contribution is 2.41. The van der Waals surface area contributed by atoms with Gasteiger partial charge in [0.2, 0.25) is 0 Å². The first-order valence-corrected chi connectivity index (χ1v) is 7.23. The van der Waals surface area contributed by atoms with E-state index in [4.69, 9.17) is 5.73 Å². The zero-order chi connectivity index (χ0) is 13.6. The molecule has 0 aliphatic heterocycles. The summed E-state index contributed by atoms with van der Waals surface area (Å²) >= 11 is 3.36. The Morgan fingerprint density at radius 2 is 2.21 bits per heavy atom. The van der Waals surface area contributed by atoms with Crippen LogP contribution in [0.15, 0.2) is 22.7 Å².